The molecule has 26 heavy (non-hydrogen) atoms. The van der Waals surface area contributed by atoms with E-state index in [0.717, 1.165) is 27.6 Å². The summed E-state index contributed by atoms with van der Waals surface area (Å²) in [5, 5.41) is 7.78. The highest BCUT2D eigenvalue weighted by molar-refractivity contribution is 5.93. The summed E-state index contributed by atoms with van der Waals surface area (Å²) in [5.74, 6) is 7.09. The summed E-state index contributed by atoms with van der Waals surface area (Å²) in [6.07, 6.45) is 1.67. The van der Waals surface area contributed by atoms with Crippen molar-refractivity contribution in [3.63, 3.8) is 0 Å². The predicted molar refractivity (Wildman–Crippen MR) is 105 cm³/mol. The van der Waals surface area contributed by atoms with Crippen LogP contribution in [-0.2, 0) is 0 Å². The lowest BCUT2D eigenvalue weighted by molar-refractivity contribution is 1.13. The first-order valence-corrected chi connectivity index (χ1v) is 7.98. The highest BCUT2D eigenvalue weighted by Gasteiger charge is 2.10. The number of hydrogen-bond donors (Lipinski definition) is 4. The number of pyridine rings is 1. The van der Waals surface area contributed by atoms with Gasteiger partial charge < -0.3 is 17.2 Å². The van der Waals surface area contributed by atoms with Crippen LogP contribution in [0.2, 0.25) is 0 Å². The minimum absolute atomic E-state index is 0.380. The normalized spacial score (nSPS) is 10.5. The molecule has 0 aliphatic rings. The molecule has 2 aromatic carbocycles. The van der Waals surface area contributed by atoms with Crippen molar-refractivity contribution in [2.24, 2.45) is 0 Å². The van der Waals surface area contributed by atoms with Gasteiger partial charge >= 0.3 is 0 Å². The molecular formula is C20H16N6. The van der Waals surface area contributed by atoms with Crippen LogP contribution < -0.4 is 17.2 Å². The summed E-state index contributed by atoms with van der Waals surface area (Å²) in [5.41, 5.74) is 22.7. The Morgan fingerprint density at radius 3 is 2.46 bits per heavy atom. The number of hydrogen-bond acceptors (Lipinski definition) is 5. The Kier molecular flexibility index (Phi) is 3.67. The topological polar surface area (TPSA) is 120 Å². The number of aromatic amines is 1. The highest BCUT2D eigenvalue weighted by Crippen LogP contribution is 2.30. The molecule has 0 aliphatic carbocycles. The van der Waals surface area contributed by atoms with Crippen LogP contribution in [0, 0.1) is 11.8 Å². The fourth-order valence-corrected chi connectivity index (χ4v) is 2.75. The van der Waals surface area contributed by atoms with E-state index in [1.54, 1.807) is 6.20 Å². The fourth-order valence-electron chi connectivity index (χ4n) is 2.75. The molecule has 126 valence electrons. The highest BCUT2D eigenvalue weighted by atomic mass is 15.1. The minimum atomic E-state index is 0.380. The Bertz CT molecular complexity index is 1160. The Morgan fingerprint density at radius 1 is 0.846 bits per heavy atom. The van der Waals surface area contributed by atoms with E-state index in [1.165, 1.54) is 0 Å². The van der Waals surface area contributed by atoms with E-state index >= 15 is 0 Å². The number of nitrogens with one attached hydrogen (secondary N) is 1. The summed E-state index contributed by atoms with van der Waals surface area (Å²) >= 11 is 0. The van der Waals surface area contributed by atoms with Gasteiger partial charge in [0.1, 0.15) is 5.82 Å². The zero-order valence-electron chi connectivity index (χ0n) is 13.8. The van der Waals surface area contributed by atoms with E-state index in [4.69, 9.17) is 17.2 Å². The molecule has 0 fully saturated rings. The van der Waals surface area contributed by atoms with Crippen molar-refractivity contribution in [1.29, 1.82) is 0 Å². The van der Waals surface area contributed by atoms with Crippen molar-refractivity contribution in [1.82, 2.24) is 15.2 Å². The molecule has 0 amide bonds. The molecule has 0 spiro atoms. The van der Waals surface area contributed by atoms with Gasteiger partial charge in [-0.1, -0.05) is 17.9 Å². The largest absolute Gasteiger partial charge is 0.399 e. The molecule has 4 rings (SSSR count). The van der Waals surface area contributed by atoms with Crippen molar-refractivity contribution in [2.75, 3.05) is 17.2 Å². The van der Waals surface area contributed by atoms with E-state index in [2.05, 4.69) is 27.0 Å². The van der Waals surface area contributed by atoms with Crippen LogP contribution >= 0.6 is 0 Å². The average molecular weight is 340 g/mol. The number of fused-ring (bicyclic) bond motifs is 1. The van der Waals surface area contributed by atoms with Gasteiger partial charge in [0.05, 0.1) is 11.1 Å². The molecule has 2 heterocycles. The first-order valence-electron chi connectivity index (χ1n) is 7.98. The average Bonchev–Trinajstić information content (AvgIpc) is 3.02. The van der Waals surface area contributed by atoms with Crippen LogP contribution in [0.25, 0.3) is 22.0 Å². The van der Waals surface area contributed by atoms with E-state index in [-0.39, 0.29) is 0 Å². The molecule has 2 aromatic heterocycles. The zero-order chi connectivity index (χ0) is 18.1. The summed E-state index contributed by atoms with van der Waals surface area (Å²) in [6, 6.07) is 15.1. The van der Waals surface area contributed by atoms with Gasteiger partial charge in [-0.15, -0.1) is 0 Å². The predicted octanol–water partition coefficient (Wildman–Crippen LogP) is 2.77. The molecule has 0 radical (unpaired) electrons. The Balaban J connectivity index is 1.83. The van der Waals surface area contributed by atoms with E-state index in [9.17, 15) is 0 Å². The van der Waals surface area contributed by atoms with E-state index < -0.39 is 0 Å². The Hall–Kier alpha value is -3.98. The molecular weight excluding hydrogens is 324 g/mol. The van der Waals surface area contributed by atoms with Gasteiger partial charge in [0.2, 0.25) is 0 Å². The lowest BCUT2D eigenvalue weighted by atomic mass is 9.99. The SMILES string of the molecule is Nc1ccc(C#Cc2c(-c3ccc4[nH]nc(N)c4c3)ccnc2N)cc1. The maximum Gasteiger partial charge on any atom is 0.153 e. The Morgan fingerprint density at radius 2 is 1.65 bits per heavy atom. The van der Waals surface area contributed by atoms with Gasteiger partial charge in [0, 0.05) is 28.4 Å². The molecule has 0 bridgehead atoms. The number of anilines is 3. The number of nitrogens with zero attached hydrogens (tertiary/aromatic N) is 2. The van der Waals surface area contributed by atoms with Crippen LogP contribution in [-0.4, -0.2) is 15.2 Å². The number of rotatable bonds is 1. The first-order chi connectivity index (χ1) is 12.6. The number of benzene rings is 2. The Labute approximate surface area is 150 Å². The molecule has 0 unspecified atom stereocenters. The van der Waals surface area contributed by atoms with Gasteiger partial charge in [-0.25, -0.2) is 4.98 Å². The van der Waals surface area contributed by atoms with Gasteiger partial charge in [0.25, 0.3) is 0 Å². The smallest absolute Gasteiger partial charge is 0.153 e. The van der Waals surface area contributed by atoms with Crippen LogP contribution in [0.1, 0.15) is 11.1 Å². The van der Waals surface area contributed by atoms with Gasteiger partial charge in [-0.3, -0.25) is 5.10 Å². The standard InChI is InChI=1S/C20H16N6/c21-14-5-1-12(2-6-14)3-7-16-15(9-10-24-19(16)22)13-4-8-18-17(11-13)20(23)26-25-18/h1-2,4-6,8-11H,21H2,(H2,22,24)(H3,23,25,26). The van der Waals surface area contributed by atoms with Crippen molar-refractivity contribution in [3.05, 3.63) is 65.9 Å². The molecule has 7 N–H and O–H groups in total. The monoisotopic (exact) mass is 340 g/mol. The first kappa shape index (κ1) is 15.5. The third-order valence-corrected chi connectivity index (χ3v) is 4.13. The second-order valence-electron chi connectivity index (χ2n) is 5.86. The van der Waals surface area contributed by atoms with Gasteiger partial charge in [0.15, 0.2) is 5.82 Å². The molecule has 0 saturated carbocycles. The summed E-state index contributed by atoms with van der Waals surface area (Å²) in [4.78, 5) is 4.17. The van der Waals surface area contributed by atoms with E-state index in [0.29, 0.717) is 22.9 Å². The maximum atomic E-state index is 6.09. The van der Waals surface area contributed by atoms with Crippen molar-refractivity contribution in [3.8, 4) is 23.0 Å². The lowest BCUT2D eigenvalue weighted by Gasteiger charge is -2.07. The molecule has 6 nitrogen and oxygen atoms in total. The third-order valence-electron chi connectivity index (χ3n) is 4.13. The van der Waals surface area contributed by atoms with Crippen LogP contribution in [0.5, 0.6) is 0 Å². The van der Waals surface area contributed by atoms with Crippen LogP contribution in [0.3, 0.4) is 0 Å². The molecule has 0 saturated heterocycles. The molecule has 4 aromatic rings. The summed E-state index contributed by atoms with van der Waals surface area (Å²) in [6.45, 7) is 0. The maximum absolute atomic E-state index is 6.09. The number of H-pyrrole nitrogens is 1. The molecule has 6 heteroatoms. The second-order valence-corrected chi connectivity index (χ2v) is 5.86. The van der Waals surface area contributed by atoms with Crippen molar-refractivity contribution in [2.45, 2.75) is 0 Å². The van der Waals surface area contributed by atoms with Crippen molar-refractivity contribution < 1.29 is 0 Å². The van der Waals surface area contributed by atoms with Crippen LogP contribution in [0.15, 0.2) is 54.7 Å². The minimum Gasteiger partial charge on any atom is -0.399 e. The summed E-state index contributed by atoms with van der Waals surface area (Å²) < 4.78 is 0. The number of aromatic nitrogens is 3. The third kappa shape index (κ3) is 2.78. The summed E-state index contributed by atoms with van der Waals surface area (Å²) in [7, 11) is 0. The number of nitrogen functional groups attached to an aromatic ring is 3. The fraction of sp³-hybridized carbons (Fsp3) is 0. The van der Waals surface area contributed by atoms with Crippen molar-refractivity contribution >= 4 is 28.2 Å². The van der Waals surface area contributed by atoms with E-state index in [1.807, 2.05) is 48.5 Å². The van der Waals surface area contributed by atoms with Gasteiger partial charge in [-0.2, -0.15) is 5.10 Å². The second kappa shape index (κ2) is 6.15. The number of nitrogens with two attached hydrogens (primary N) is 3. The quantitative estimate of drug-likeness (QED) is 0.314. The van der Waals surface area contributed by atoms with Crippen LogP contribution in [0.4, 0.5) is 17.3 Å². The zero-order valence-corrected chi connectivity index (χ0v) is 13.8. The molecule has 0 atom stereocenters. The lowest BCUT2D eigenvalue weighted by Crippen LogP contribution is -1.97. The van der Waals surface area contributed by atoms with Gasteiger partial charge in [-0.05, 0) is 48.0 Å². The molecule has 0 aliphatic heterocycles.